The molecule has 0 aliphatic heterocycles. The maximum Gasteiger partial charge on any atom is 0.462 e. The first-order valence-corrected chi connectivity index (χ1v) is 13.3. The van der Waals surface area contributed by atoms with E-state index >= 15 is 0 Å². The monoisotopic (exact) mass is 492 g/mol. The quantitative estimate of drug-likeness (QED) is 0.270. The molecule has 5 heteroatoms. The van der Waals surface area contributed by atoms with E-state index in [1.807, 2.05) is 37.3 Å². The molecular weight excluding hydrogens is 467 g/mol. The van der Waals surface area contributed by atoms with Crippen molar-refractivity contribution in [2.24, 2.45) is 11.8 Å². The Labute approximate surface area is 211 Å². The zero-order chi connectivity index (χ0) is 24.8. The Kier molecular flexibility index (Phi) is 6.94. The summed E-state index contributed by atoms with van der Waals surface area (Å²) in [4.78, 5) is 0. The van der Waals surface area contributed by atoms with Crippen molar-refractivity contribution in [1.82, 2.24) is 0 Å². The topological polar surface area (TPSA) is 44.8 Å². The van der Waals surface area contributed by atoms with Gasteiger partial charge in [0, 0.05) is 23.5 Å². The molecule has 2 aliphatic carbocycles. The summed E-state index contributed by atoms with van der Waals surface area (Å²) in [6, 6.07) is 23.2. The van der Waals surface area contributed by atoms with Crippen LogP contribution in [0.3, 0.4) is 0 Å². The van der Waals surface area contributed by atoms with Crippen LogP contribution in [0.1, 0.15) is 5.56 Å². The standard InChI is InChI=1S/C31H25O4P/c1-24-9-7-13-29(21-24)34-36(32,31-15-3-2-4-16-31)35-30-14-8-12-28(23-30)33-20-19-25-17-18-26-10-5-6-11-27(26)22-25/h2-18,21-23,26-27H,1H3. The number of hydrogen-bond donors (Lipinski definition) is 0. The van der Waals surface area contributed by atoms with Crippen molar-refractivity contribution in [3.8, 4) is 29.3 Å². The highest BCUT2D eigenvalue weighted by Crippen LogP contribution is 2.48. The average molecular weight is 493 g/mol. The molecule has 4 nitrogen and oxygen atoms in total. The van der Waals surface area contributed by atoms with Gasteiger partial charge in [-0.3, -0.25) is 0 Å². The summed E-state index contributed by atoms with van der Waals surface area (Å²) in [6.45, 7) is 1.95. The van der Waals surface area contributed by atoms with Gasteiger partial charge >= 0.3 is 7.60 Å². The van der Waals surface area contributed by atoms with E-state index in [0.717, 1.165) is 11.1 Å². The summed E-state index contributed by atoms with van der Waals surface area (Å²) in [7, 11) is -3.74. The highest BCUT2D eigenvalue weighted by Gasteiger charge is 2.31. The van der Waals surface area contributed by atoms with Gasteiger partial charge in [0.15, 0.2) is 0 Å². The number of allylic oxidation sites excluding steroid dienone is 8. The van der Waals surface area contributed by atoms with Crippen molar-refractivity contribution in [1.29, 1.82) is 0 Å². The molecule has 0 fully saturated rings. The van der Waals surface area contributed by atoms with Gasteiger partial charge in [0.1, 0.15) is 23.4 Å². The van der Waals surface area contributed by atoms with Crippen molar-refractivity contribution < 1.29 is 18.3 Å². The van der Waals surface area contributed by atoms with Gasteiger partial charge in [-0.25, -0.2) is 4.57 Å². The highest BCUT2D eigenvalue weighted by atomic mass is 31.2. The number of hydrogen-bond acceptors (Lipinski definition) is 4. The maximum atomic E-state index is 14.0. The Morgan fingerprint density at radius 3 is 2.22 bits per heavy atom. The first kappa shape index (κ1) is 23.5. The Morgan fingerprint density at radius 1 is 0.750 bits per heavy atom. The van der Waals surface area contributed by atoms with Crippen molar-refractivity contribution in [3.05, 3.63) is 133 Å². The van der Waals surface area contributed by atoms with Crippen molar-refractivity contribution in [3.63, 3.8) is 0 Å². The van der Waals surface area contributed by atoms with Crippen LogP contribution in [0.2, 0.25) is 0 Å². The molecule has 0 saturated carbocycles. The minimum absolute atomic E-state index is 0.321. The molecule has 5 rings (SSSR count). The Bertz CT molecular complexity index is 1470. The minimum Gasteiger partial charge on any atom is -0.413 e. The molecule has 0 amide bonds. The molecule has 3 atom stereocenters. The number of aryl methyl sites for hydroxylation is 1. The third kappa shape index (κ3) is 5.71. The molecule has 3 aromatic carbocycles. The average Bonchev–Trinajstić information content (AvgIpc) is 2.89. The van der Waals surface area contributed by atoms with Crippen LogP contribution in [0.15, 0.2) is 127 Å². The van der Waals surface area contributed by atoms with Gasteiger partial charge in [-0.2, -0.15) is 0 Å². The summed E-state index contributed by atoms with van der Waals surface area (Å²) in [5.41, 5.74) is 1.90. The minimum atomic E-state index is -3.74. The molecule has 0 heterocycles. The fourth-order valence-corrected chi connectivity index (χ4v) is 5.55. The fourth-order valence-electron chi connectivity index (χ4n) is 3.98. The second-order valence-electron chi connectivity index (χ2n) is 8.54. The van der Waals surface area contributed by atoms with Crippen molar-refractivity contribution in [2.75, 3.05) is 0 Å². The normalized spacial score (nSPS) is 19.2. The predicted octanol–water partition coefficient (Wildman–Crippen LogP) is 7.17. The number of ether oxygens (including phenoxy) is 1. The van der Waals surface area contributed by atoms with Crippen LogP contribution >= 0.6 is 7.60 Å². The Morgan fingerprint density at radius 2 is 1.44 bits per heavy atom. The zero-order valence-electron chi connectivity index (χ0n) is 19.8. The summed E-state index contributed by atoms with van der Waals surface area (Å²) in [5.74, 6) is 5.07. The van der Waals surface area contributed by atoms with E-state index in [2.05, 4.69) is 48.5 Å². The molecule has 178 valence electrons. The molecule has 0 radical (unpaired) electrons. The first-order chi connectivity index (χ1) is 17.6. The van der Waals surface area contributed by atoms with Crippen LogP contribution in [0.25, 0.3) is 0 Å². The van der Waals surface area contributed by atoms with Crippen molar-refractivity contribution in [2.45, 2.75) is 6.92 Å². The lowest BCUT2D eigenvalue weighted by Crippen LogP contribution is -2.14. The first-order valence-electron chi connectivity index (χ1n) is 11.7. The summed E-state index contributed by atoms with van der Waals surface area (Å²) in [5, 5.41) is 0.457. The number of rotatable bonds is 6. The van der Waals surface area contributed by atoms with E-state index in [4.69, 9.17) is 13.8 Å². The summed E-state index contributed by atoms with van der Waals surface area (Å²) >= 11 is 0. The Balaban J connectivity index is 1.33. The third-order valence-electron chi connectivity index (χ3n) is 5.78. The van der Waals surface area contributed by atoms with Gasteiger partial charge in [-0.05, 0) is 54.8 Å². The van der Waals surface area contributed by atoms with E-state index in [1.165, 1.54) is 0 Å². The lowest BCUT2D eigenvalue weighted by atomic mass is 9.83. The van der Waals surface area contributed by atoms with Gasteiger partial charge in [-0.1, -0.05) is 78.9 Å². The second kappa shape index (κ2) is 10.6. The van der Waals surface area contributed by atoms with Gasteiger partial charge in [0.2, 0.25) is 0 Å². The Hall–Kier alpha value is -4.19. The molecule has 0 N–H and O–H groups in total. The third-order valence-corrected chi connectivity index (χ3v) is 7.61. The van der Waals surface area contributed by atoms with Crippen LogP contribution in [0.4, 0.5) is 0 Å². The lowest BCUT2D eigenvalue weighted by molar-refractivity contribution is 0.398. The zero-order valence-corrected chi connectivity index (χ0v) is 20.7. The molecule has 36 heavy (non-hydrogen) atoms. The van der Waals surface area contributed by atoms with Gasteiger partial charge in [0.25, 0.3) is 0 Å². The van der Waals surface area contributed by atoms with Crippen LogP contribution in [0, 0.1) is 30.8 Å². The predicted molar refractivity (Wildman–Crippen MR) is 143 cm³/mol. The van der Waals surface area contributed by atoms with Gasteiger partial charge in [0.05, 0.1) is 5.30 Å². The fraction of sp³-hybridized carbons (Fsp3) is 0.0968. The molecule has 0 aromatic heterocycles. The van der Waals surface area contributed by atoms with E-state index in [-0.39, 0.29) is 0 Å². The smallest absolute Gasteiger partial charge is 0.413 e. The van der Waals surface area contributed by atoms with Gasteiger partial charge < -0.3 is 13.8 Å². The molecule has 0 saturated heterocycles. The van der Waals surface area contributed by atoms with Crippen molar-refractivity contribution >= 4 is 12.9 Å². The molecule has 2 aliphatic rings. The largest absolute Gasteiger partial charge is 0.462 e. The SMILES string of the molecule is Cc1cccc(OP(=O)(Oc2cccc(OC#CC3=CC4C=CC=CC4C=C3)c2)c2ccccc2)c1. The van der Waals surface area contributed by atoms with E-state index in [9.17, 15) is 4.57 Å². The number of fused-ring (bicyclic) bond motifs is 1. The molecule has 0 bridgehead atoms. The summed E-state index contributed by atoms with van der Waals surface area (Å²) in [6.07, 6.45) is 17.5. The van der Waals surface area contributed by atoms with Crippen LogP contribution in [-0.4, -0.2) is 0 Å². The van der Waals surface area contributed by atoms with E-state index in [1.54, 1.807) is 54.6 Å². The molecule has 3 aromatic rings. The summed E-state index contributed by atoms with van der Waals surface area (Å²) < 4.78 is 31.6. The molecule has 3 unspecified atom stereocenters. The van der Waals surface area contributed by atoms with Crippen LogP contribution in [-0.2, 0) is 4.57 Å². The van der Waals surface area contributed by atoms with Gasteiger partial charge in [-0.15, -0.1) is 0 Å². The molecular formula is C31H25O4P. The van der Waals surface area contributed by atoms with E-state index < -0.39 is 7.60 Å². The van der Waals surface area contributed by atoms with E-state index in [0.29, 0.717) is 34.4 Å². The maximum absolute atomic E-state index is 14.0. The number of benzene rings is 3. The van der Waals surface area contributed by atoms with Crippen LogP contribution < -0.4 is 19.1 Å². The molecule has 0 spiro atoms. The second-order valence-corrected chi connectivity index (χ2v) is 10.4. The lowest BCUT2D eigenvalue weighted by Gasteiger charge is -2.21. The highest BCUT2D eigenvalue weighted by molar-refractivity contribution is 7.63. The van der Waals surface area contributed by atoms with Crippen LogP contribution in [0.5, 0.6) is 17.2 Å².